The van der Waals surface area contributed by atoms with Crippen molar-refractivity contribution in [1.82, 2.24) is 4.90 Å². The van der Waals surface area contributed by atoms with Gasteiger partial charge in [0.15, 0.2) is 0 Å². The molecule has 112 valence electrons. The molecule has 1 unspecified atom stereocenters. The molecule has 0 heterocycles. The van der Waals surface area contributed by atoms with Crippen LogP contribution in [0.3, 0.4) is 0 Å². The van der Waals surface area contributed by atoms with Gasteiger partial charge in [0.2, 0.25) is 0 Å². The van der Waals surface area contributed by atoms with Gasteiger partial charge in [-0.15, -0.1) is 0 Å². The maximum Gasteiger partial charge on any atom is 0.255 e. The van der Waals surface area contributed by atoms with Gasteiger partial charge in [-0.05, 0) is 38.3 Å². The third-order valence-electron chi connectivity index (χ3n) is 3.87. The van der Waals surface area contributed by atoms with E-state index in [9.17, 15) is 4.79 Å². The standard InChI is InChI=1S/C17H28N2O/c1-7-10-18-16-9-8-13(4)11-15(16)17(20)19(6)14(5)12(2)3/h8-9,11-12,14,18H,7,10H2,1-6H3. The summed E-state index contributed by atoms with van der Waals surface area (Å²) in [5, 5.41) is 3.35. The van der Waals surface area contributed by atoms with E-state index in [1.165, 1.54) is 0 Å². The molecule has 1 N–H and O–H groups in total. The molecule has 0 fully saturated rings. The fourth-order valence-electron chi connectivity index (χ4n) is 2.07. The predicted octanol–water partition coefficient (Wildman–Crippen LogP) is 3.93. The molecule has 0 aliphatic heterocycles. The zero-order chi connectivity index (χ0) is 15.3. The number of carbonyl (C=O) groups is 1. The minimum Gasteiger partial charge on any atom is -0.384 e. The normalized spacial score (nSPS) is 12.3. The van der Waals surface area contributed by atoms with Crippen molar-refractivity contribution in [2.24, 2.45) is 5.92 Å². The molecular weight excluding hydrogens is 248 g/mol. The summed E-state index contributed by atoms with van der Waals surface area (Å²) in [6, 6.07) is 6.25. The Bertz CT molecular complexity index is 454. The number of hydrogen-bond donors (Lipinski definition) is 1. The number of benzene rings is 1. The van der Waals surface area contributed by atoms with Crippen LogP contribution >= 0.6 is 0 Å². The first-order chi connectivity index (χ1) is 9.38. The number of nitrogens with one attached hydrogen (secondary N) is 1. The highest BCUT2D eigenvalue weighted by Gasteiger charge is 2.22. The fourth-order valence-corrected chi connectivity index (χ4v) is 2.07. The zero-order valence-electron chi connectivity index (χ0n) is 13.7. The molecule has 3 nitrogen and oxygen atoms in total. The van der Waals surface area contributed by atoms with Crippen molar-refractivity contribution in [3.05, 3.63) is 29.3 Å². The molecule has 0 aliphatic rings. The monoisotopic (exact) mass is 276 g/mol. The van der Waals surface area contributed by atoms with Gasteiger partial charge in [-0.3, -0.25) is 4.79 Å². The highest BCUT2D eigenvalue weighted by atomic mass is 16.2. The minimum absolute atomic E-state index is 0.0912. The Morgan fingerprint density at radius 2 is 1.95 bits per heavy atom. The van der Waals surface area contributed by atoms with Gasteiger partial charge in [-0.1, -0.05) is 32.4 Å². The van der Waals surface area contributed by atoms with Gasteiger partial charge in [0.1, 0.15) is 0 Å². The van der Waals surface area contributed by atoms with Gasteiger partial charge in [0, 0.05) is 25.3 Å². The second-order valence-corrected chi connectivity index (χ2v) is 5.88. The molecule has 0 saturated heterocycles. The summed E-state index contributed by atoms with van der Waals surface area (Å²) in [6.45, 7) is 11.4. The highest BCUT2D eigenvalue weighted by molar-refractivity contribution is 5.99. The summed E-state index contributed by atoms with van der Waals surface area (Å²) in [5.41, 5.74) is 2.82. The summed E-state index contributed by atoms with van der Waals surface area (Å²) in [4.78, 5) is 14.6. The van der Waals surface area contributed by atoms with Crippen molar-refractivity contribution in [1.29, 1.82) is 0 Å². The van der Waals surface area contributed by atoms with Gasteiger partial charge >= 0.3 is 0 Å². The summed E-state index contributed by atoms with van der Waals surface area (Å²) < 4.78 is 0. The number of nitrogens with zero attached hydrogens (tertiary/aromatic N) is 1. The number of rotatable bonds is 6. The van der Waals surface area contributed by atoms with E-state index in [0.717, 1.165) is 29.8 Å². The van der Waals surface area contributed by atoms with Crippen LogP contribution in [0.5, 0.6) is 0 Å². The van der Waals surface area contributed by atoms with E-state index in [1.807, 2.05) is 37.1 Å². The number of anilines is 1. The Balaban J connectivity index is 3.04. The largest absolute Gasteiger partial charge is 0.384 e. The quantitative estimate of drug-likeness (QED) is 0.853. The van der Waals surface area contributed by atoms with Crippen LogP contribution < -0.4 is 5.32 Å². The van der Waals surface area contributed by atoms with Crippen molar-refractivity contribution in [2.75, 3.05) is 18.9 Å². The van der Waals surface area contributed by atoms with Crippen LogP contribution in [0.1, 0.15) is 50.0 Å². The summed E-state index contributed by atoms with van der Waals surface area (Å²) in [7, 11) is 1.89. The summed E-state index contributed by atoms with van der Waals surface area (Å²) >= 11 is 0. The van der Waals surface area contributed by atoms with Crippen LogP contribution in [0.25, 0.3) is 0 Å². The van der Waals surface area contributed by atoms with Crippen molar-refractivity contribution in [3.63, 3.8) is 0 Å². The Morgan fingerprint density at radius 1 is 1.30 bits per heavy atom. The van der Waals surface area contributed by atoms with E-state index >= 15 is 0 Å². The lowest BCUT2D eigenvalue weighted by molar-refractivity contribution is 0.0708. The minimum atomic E-state index is 0.0912. The topological polar surface area (TPSA) is 32.3 Å². The van der Waals surface area contributed by atoms with E-state index in [1.54, 1.807) is 0 Å². The first-order valence-corrected chi connectivity index (χ1v) is 7.50. The van der Waals surface area contributed by atoms with Gasteiger partial charge in [-0.25, -0.2) is 0 Å². The number of hydrogen-bond acceptors (Lipinski definition) is 2. The summed E-state index contributed by atoms with van der Waals surface area (Å²) in [5.74, 6) is 0.536. The highest BCUT2D eigenvalue weighted by Crippen LogP contribution is 2.21. The fraction of sp³-hybridized carbons (Fsp3) is 0.588. The van der Waals surface area contributed by atoms with Crippen LogP contribution in [0.15, 0.2) is 18.2 Å². The molecule has 0 aliphatic carbocycles. The molecule has 1 atom stereocenters. The first-order valence-electron chi connectivity index (χ1n) is 7.50. The smallest absolute Gasteiger partial charge is 0.255 e. The van der Waals surface area contributed by atoms with E-state index in [-0.39, 0.29) is 11.9 Å². The molecule has 1 aromatic carbocycles. The lowest BCUT2D eigenvalue weighted by Gasteiger charge is -2.29. The predicted molar refractivity (Wildman–Crippen MR) is 86.4 cm³/mol. The van der Waals surface area contributed by atoms with E-state index in [4.69, 9.17) is 0 Å². The van der Waals surface area contributed by atoms with Crippen molar-refractivity contribution in [3.8, 4) is 0 Å². The molecular formula is C17H28N2O. The van der Waals surface area contributed by atoms with Gasteiger partial charge in [0.05, 0.1) is 5.56 Å². The Hall–Kier alpha value is -1.51. The van der Waals surface area contributed by atoms with Gasteiger partial charge in [-0.2, -0.15) is 0 Å². The Labute approximate surface area is 123 Å². The van der Waals surface area contributed by atoms with Crippen LogP contribution in [0.4, 0.5) is 5.69 Å². The SMILES string of the molecule is CCCNc1ccc(C)cc1C(=O)N(C)C(C)C(C)C. The van der Waals surface area contributed by atoms with E-state index in [2.05, 4.69) is 33.0 Å². The molecule has 0 radical (unpaired) electrons. The summed E-state index contributed by atoms with van der Waals surface area (Å²) in [6.07, 6.45) is 1.04. The molecule has 0 spiro atoms. The lowest BCUT2D eigenvalue weighted by atomic mass is 10.0. The van der Waals surface area contributed by atoms with Crippen LogP contribution in [0, 0.1) is 12.8 Å². The second kappa shape index (κ2) is 7.32. The molecule has 1 rings (SSSR count). The van der Waals surface area contributed by atoms with Crippen molar-refractivity contribution >= 4 is 11.6 Å². The van der Waals surface area contributed by atoms with Crippen LogP contribution in [-0.2, 0) is 0 Å². The number of aryl methyl sites for hydroxylation is 1. The maximum atomic E-state index is 12.7. The number of carbonyl (C=O) groups excluding carboxylic acids is 1. The molecule has 0 saturated carbocycles. The van der Waals surface area contributed by atoms with Crippen LogP contribution in [-0.4, -0.2) is 30.4 Å². The molecule has 0 aromatic heterocycles. The van der Waals surface area contributed by atoms with E-state index < -0.39 is 0 Å². The number of amides is 1. The molecule has 1 aromatic rings. The Kier molecular flexibility index (Phi) is 6.05. The zero-order valence-corrected chi connectivity index (χ0v) is 13.7. The Morgan fingerprint density at radius 3 is 2.50 bits per heavy atom. The average molecular weight is 276 g/mol. The molecule has 0 bridgehead atoms. The lowest BCUT2D eigenvalue weighted by Crippen LogP contribution is -2.38. The van der Waals surface area contributed by atoms with Crippen LogP contribution in [0.2, 0.25) is 0 Å². The third kappa shape index (κ3) is 3.99. The second-order valence-electron chi connectivity index (χ2n) is 5.88. The maximum absolute atomic E-state index is 12.7. The molecule has 20 heavy (non-hydrogen) atoms. The molecule has 3 heteroatoms. The van der Waals surface area contributed by atoms with Crippen molar-refractivity contribution < 1.29 is 4.79 Å². The average Bonchev–Trinajstić information content (AvgIpc) is 2.43. The first kappa shape index (κ1) is 16.5. The molecule has 1 amide bonds. The third-order valence-corrected chi connectivity index (χ3v) is 3.87. The van der Waals surface area contributed by atoms with Crippen molar-refractivity contribution in [2.45, 2.75) is 47.1 Å². The van der Waals surface area contributed by atoms with Gasteiger partial charge < -0.3 is 10.2 Å². The van der Waals surface area contributed by atoms with E-state index in [0.29, 0.717) is 5.92 Å². The van der Waals surface area contributed by atoms with Gasteiger partial charge in [0.25, 0.3) is 5.91 Å².